The summed E-state index contributed by atoms with van der Waals surface area (Å²) in [5, 5.41) is 13.9. The first-order chi connectivity index (χ1) is 20.8. The van der Waals surface area contributed by atoms with Crippen molar-refractivity contribution < 1.29 is 0 Å². The lowest BCUT2D eigenvalue weighted by molar-refractivity contribution is 1.05. The lowest BCUT2D eigenvalue weighted by Gasteiger charge is -2.08. The molecule has 4 nitrogen and oxygen atoms in total. The average molecular weight is 539 g/mol. The van der Waals surface area contributed by atoms with Crippen molar-refractivity contribution in [3.8, 4) is 28.2 Å². The topological polar surface area (TPSA) is 46.5 Å². The van der Waals surface area contributed by atoms with Crippen LogP contribution in [0.5, 0.6) is 0 Å². The van der Waals surface area contributed by atoms with Crippen LogP contribution in [0.2, 0.25) is 0 Å². The summed E-state index contributed by atoms with van der Waals surface area (Å²) in [4.78, 5) is 4.86. The van der Waals surface area contributed by atoms with Gasteiger partial charge in [-0.1, -0.05) is 103 Å². The summed E-state index contributed by atoms with van der Waals surface area (Å²) in [6, 6.07) is 50.9. The number of nitrogens with one attached hydrogen (secondary N) is 1. The zero-order valence-electron chi connectivity index (χ0n) is 22.8. The van der Waals surface area contributed by atoms with Gasteiger partial charge in [0.1, 0.15) is 0 Å². The van der Waals surface area contributed by atoms with Gasteiger partial charge >= 0.3 is 0 Å². The number of aromatic amines is 1. The number of H-pyrrole nitrogens is 1. The van der Waals surface area contributed by atoms with Gasteiger partial charge in [-0.05, 0) is 64.4 Å². The molecule has 2 heterocycles. The first-order valence-electron chi connectivity index (χ1n) is 14.1. The highest BCUT2D eigenvalue weighted by Gasteiger charge is 2.14. The van der Waals surface area contributed by atoms with Crippen LogP contribution < -0.4 is 0 Å². The number of benzene rings is 6. The molecule has 0 bridgehead atoms. The van der Waals surface area contributed by atoms with Gasteiger partial charge in [0.2, 0.25) is 0 Å². The fourth-order valence-corrected chi connectivity index (χ4v) is 6.03. The SMILES string of the molecule is c1ccc(-n2c3ccccc3c3cc(-c4ccnc(-c5cccc6ccccc56)n[nH]c5ccccc45)ccc32)cc1. The van der Waals surface area contributed by atoms with Crippen molar-refractivity contribution in [3.63, 3.8) is 0 Å². The molecule has 8 aromatic rings. The molecule has 1 N–H and O–H groups in total. The zero-order valence-corrected chi connectivity index (χ0v) is 22.8. The van der Waals surface area contributed by atoms with E-state index in [1.54, 1.807) is 0 Å². The Morgan fingerprint density at radius 1 is 0.500 bits per heavy atom. The normalized spacial score (nSPS) is 11.3. The second-order valence-electron chi connectivity index (χ2n) is 10.4. The molecule has 0 saturated heterocycles. The summed E-state index contributed by atoms with van der Waals surface area (Å²) in [5.74, 6) is 0.639. The van der Waals surface area contributed by atoms with Crippen LogP contribution in [-0.4, -0.2) is 19.7 Å². The molecule has 198 valence electrons. The van der Waals surface area contributed by atoms with E-state index in [9.17, 15) is 0 Å². The summed E-state index contributed by atoms with van der Waals surface area (Å²) in [7, 11) is 0. The Balaban J connectivity index is 1.37. The highest BCUT2D eigenvalue weighted by atomic mass is 15.1. The second kappa shape index (κ2) is 10.0. The van der Waals surface area contributed by atoms with E-state index < -0.39 is 0 Å². The molecule has 0 fully saturated rings. The molecule has 0 amide bonds. The molecular formula is C38H26N4. The average Bonchev–Trinajstić information content (AvgIpc) is 3.42. The Kier molecular flexibility index (Phi) is 5.75. The van der Waals surface area contributed by atoms with E-state index in [1.807, 2.05) is 12.3 Å². The third kappa shape index (κ3) is 4.01. The van der Waals surface area contributed by atoms with Gasteiger partial charge in [0, 0.05) is 33.6 Å². The molecule has 0 saturated carbocycles. The van der Waals surface area contributed by atoms with Crippen molar-refractivity contribution in [3.05, 3.63) is 152 Å². The molecule has 0 spiro atoms. The maximum Gasteiger partial charge on any atom is 0.179 e. The van der Waals surface area contributed by atoms with Gasteiger partial charge in [0.25, 0.3) is 0 Å². The highest BCUT2D eigenvalue weighted by molar-refractivity contribution is 6.11. The van der Waals surface area contributed by atoms with Crippen molar-refractivity contribution in [2.45, 2.75) is 0 Å². The van der Waals surface area contributed by atoms with E-state index in [0.29, 0.717) is 5.82 Å². The van der Waals surface area contributed by atoms with Crippen molar-refractivity contribution in [1.29, 1.82) is 0 Å². The Morgan fingerprint density at radius 3 is 2.12 bits per heavy atom. The van der Waals surface area contributed by atoms with Crippen LogP contribution >= 0.6 is 0 Å². The van der Waals surface area contributed by atoms with Gasteiger partial charge in [0.15, 0.2) is 5.82 Å². The lowest BCUT2D eigenvalue weighted by Crippen LogP contribution is -1.92. The molecule has 6 aromatic carbocycles. The van der Waals surface area contributed by atoms with E-state index in [-0.39, 0.29) is 0 Å². The van der Waals surface area contributed by atoms with Crippen LogP contribution in [0.15, 0.2) is 152 Å². The minimum Gasteiger partial charge on any atom is -0.309 e. The number of para-hydroxylation sites is 3. The molecule has 4 heteroatoms. The Bertz CT molecular complexity index is 2300. The van der Waals surface area contributed by atoms with E-state index in [4.69, 9.17) is 10.1 Å². The molecule has 0 radical (unpaired) electrons. The first kappa shape index (κ1) is 24.1. The van der Waals surface area contributed by atoms with Crippen LogP contribution in [0.1, 0.15) is 0 Å². The summed E-state index contributed by atoms with van der Waals surface area (Å²) in [5.41, 5.74) is 7.63. The number of rotatable bonds is 3. The van der Waals surface area contributed by atoms with Gasteiger partial charge in [-0.2, -0.15) is 5.10 Å². The standard InChI is InChI=1S/C38H26N4/c1-2-13-28(14-3-1)42-36-20-9-7-17-32(36)34-25-27(21-22-37(34)42)30-23-24-39-38(41-40-35-19-8-6-16-31(30)35)33-18-10-12-26-11-4-5-15-29(26)33/h1-25,40H. The van der Waals surface area contributed by atoms with Crippen LogP contribution in [0.25, 0.3) is 71.7 Å². The van der Waals surface area contributed by atoms with Crippen molar-refractivity contribution in [2.24, 2.45) is 0 Å². The summed E-state index contributed by atoms with van der Waals surface area (Å²) in [6.07, 6.45) is 1.87. The summed E-state index contributed by atoms with van der Waals surface area (Å²) < 4.78 is 2.34. The Hall–Kier alpha value is -5.74. The van der Waals surface area contributed by atoms with Gasteiger partial charge in [0.05, 0.1) is 16.6 Å². The lowest BCUT2D eigenvalue weighted by atomic mass is 10.00. The molecular weight excluding hydrogens is 512 g/mol. The van der Waals surface area contributed by atoms with Crippen molar-refractivity contribution >= 4 is 43.5 Å². The quantitative estimate of drug-likeness (QED) is 0.243. The number of hydrogen-bond acceptors (Lipinski definition) is 2. The molecule has 0 atom stereocenters. The molecule has 2 aromatic heterocycles. The number of fused-ring (bicyclic) bond motifs is 5. The van der Waals surface area contributed by atoms with Crippen LogP contribution in [0.4, 0.5) is 0 Å². The van der Waals surface area contributed by atoms with Crippen LogP contribution in [0, 0.1) is 0 Å². The van der Waals surface area contributed by atoms with Gasteiger partial charge < -0.3 is 4.57 Å². The zero-order chi connectivity index (χ0) is 27.9. The number of aromatic nitrogens is 4. The molecule has 0 unspecified atom stereocenters. The van der Waals surface area contributed by atoms with Gasteiger partial charge in [-0.3, -0.25) is 5.10 Å². The maximum absolute atomic E-state index is 4.86. The Morgan fingerprint density at radius 2 is 1.21 bits per heavy atom. The van der Waals surface area contributed by atoms with Crippen LogP contribution in [-0.2, 0) is 0 Å². The largest absolute Gasteiger partial charge is 0.309 e. The maximum atomic E-state index is 4.86. The van der Waals surface area contributed by atoms with E-state index in [0.717, 1.165) is 44.1 Å². The fourth-order valence-electron chi connectivity index (χ4n) is 6.03. The van der Waals surface area contributed by atoms with Crippen molar-refractivity contribution in [2.75, 3.05) is 0 Å². The molecule has 0 aliphatic carbocycles. The second-order valence-corrected chi connectivity index (χ2v) is 10.4. The third-order valence-corrected chi connectivity index (χ3v) is 7.97. The molecule has 0 aliphatic rings. The number of nitrogens with zero attached hydrogens (tertiary/aromatic N) is 3. The molecule has 8 rings (SSSR count). The third-order valence-electron chi connectivity index (χ3n) is 7.97. The van der Waals surface area contributed by atoms with Gasteiger partial charge in [-0.15, -0.1) is 0 Å². The smallest absolute Gasteiger partial charge is 0.179 e. The van der Waals surface area contributed by atoms with E-state index in [2.05, 4.69) is 149 Å². The minimum atomic E-state index is 0.639. The highest BCUT2D eigenvalue weighted by Crippen LogP contribution is 2.36. The molecule has 0 aliphatic heterocycles. The first-order valence-corrected chi connectivity index (χ1v) is 14.1. The fraction of sp³-hybridized carbons (Fsp3) is 0. The Labute approximate surface area is 242 Å². The van der Waals surface area contributed by atoms with E-state index >= 15 is 0 Å². The minimum absolute atomic E-state index is 0.639. The predicted octanol–water partition coefficient (Wildman–Crippen LogP) is 9.67. The van der Waals surface area contributed by atoms with Gasteiger partial charge in [-0.25, -0.2) is 4.98 Å². The van der Waals surface area contributed by atoms with Crippen molar-refractivity contribution in [1.82, 2.24) is 19.7 Å². The number of hydrogen-bond donors (Lipinski definition) is 1. The summed E-state index contributed by atoms with van der Waals surface area (Å²) >= 11 is 0. The van der Waals surface area contributed by atoms with Crippen LogP contribution in [0.3, 0.4) is 0 Å². The monoisotopic (exact) mass is 538 g/mol. The summed E-state index contributed by atoms with van der Waals surface area (Å²) in [6.45, 7) is 0. The predicted molar refractivity (Wildman–Crippen MR) is 174 cm³/mol. The van der Waals surface area contributed by atoms with E-state index in [1.165, 1.54) is 21.8 Å². The molecule has 42 heavy (non-hydrogen) atoms.